The van der Waals surface area contributed by atoms with Gasteiger partial charge >= 0.3 is 0 Å². The van der Waals surface area contributed by atoms with Crippen molar-refractivity contribution in [3.63, 3.8) is 0 Å². The molecule has 1 rings (SSSR count). The van der Waals surface area contributed by atoms with Gasteiger partial charge in [0, 0.05) is 12.2 Å². The molecule has 180 valence electrons. The monoisotopic (exact) mass is 432 g/mol. The van der Waals surface area contributed by atoms with E-state index in [4.69, 9.17) is 4.74 Å². The maximum absolute atomic E-state index is 5.91. The van der Waals surface area contributed by atoms with Crippen LogP contribution in [0.25, 0.3) is 0 Å². The van der Waals surface area contributed by atoms with E-state index in [2.05, 4.69) is 51.4 Å². The van der Waals surface area contributed by atoms with E-state index in [0.29, 0.717) is 0 Å². The number of benzene rings is 1. The van der Waals surface area contributed by atoms with Crippen LogP contribution in [-0.4, -0.2) is 38.3 Å². The highest BCUT2D eigenvalue weighted by Crippen LogP contribution is 2.14. The molecule has 2 heteroatoms. The Morgan fingerprint density at radius 3 is 1.52 bits per heavy atom. The summed E-state index contributed by atoms with van der Waals surface area (Å²) < 4.78 is 6.90. The topological polar surface area (TPSA) is 9.23 Å². The van der Waals surface area contributed by atoms with Crippen molar-refractivity contribution in [1.82, 2.24) is 0 Å². The van der Waals surface area contributed by atoms with Gasteiger partial charge in [-0.3, -0.25) is 0 Å². The quantitative estimate of drug-likeness (QED) is 0.132. The number of ether oxygens (including phenoxy) is 1. The second-order valence-electron chi connectivity index (χ2n) is 10.2. The first-order valence-corrected chi connectivity index (χ1v) is 13.6. The third-order valence-electron chi connectivity index (χ3n) is 6.44. The Morgan fingerprint density at radius 1 is 0.581 bits per heavy atom. The molecule has 2 nitrogen and oxygen atoms in total. The lowest BCUT2D eigenvalue weighted by molar-refractivity contribution is -0.904. The van der Waals surface area contributed by atoms with Crippen LogP contribution in [0.2, 0.25) is 0 Å². The van der Waals surface area contributed by atoms with E-state index in [-0.39, 0.29) is 0 Å². The summed E-state index contributed by atoms with van der Waals surface area (Å²) in [6, 6.07) is 10.8. The van der Waals surface area contributed by atoms with Gasteiger partial charge in [0.2, 0.25) is 0 Å². The molecule has 0 saturated heterocycles. The fourth-order valence-corrected chi connectivity index (χ4v) is 4.32. The van der Waals surface area contributed by atoms with Crippen LogP contribution >= 0.6 is 0 Å². The van der Waals surface area contributed by atoms with Gasteiger partial charge in [0.05, 0.1) is 20.7 Å². The van der Waals surface area contributed by atoms with Gasteiger partial charge < -0.3 is 9.22 Å². The van der Waals surface area contributed by atoms with Crippen LogP contribution in [0, 0.1) is 0 Å². The van der Waals surface area contributed by atoms with Crippen LogP contribution in [-0.2, 0) is 11.3 Å². The van der Waals surface area contributed by atoms with E-state index in [1.807, 2.05) is 0 Å². The lowest BCUT2D eigenvalue weighted by Gasteiger charge is -2.29. The van der Waals surface area contributed by atoms with Crippen LogP contribution in [0.1, 0.15) is 115 Å². The smallest absolute Gasteiger partial charge is 0.104 e. The van der Waals surface area contributed by atoms with Crippen molar-refractivity contribution in [3.8, 4) is 0 Å². The molecular weight excluding hydrogens is 378 g/mol. The minimum atomic E-state index is 0.874. The Labute approximate surface area is 195 Å². The van der Waals surface area contributed by atoms with Crippen molar-refractivity contribution in [2.24, 2.45) is 0 Å². The van der Waals surface area contributed by atoms with Crippen LogP contribution in [0.15, 0.2) is 30.3 Å². The van der Waals surface area contributed by atoms with E-state index in [9.17, 15) is 0 Å². The predicted molar refractivity (Wildman–Crippen MR) is 137 cm³/mol. The number of rotatable bonds is 22. The van der Waals surface area contributed by atoms with Crippen molar-refractivity contribution in [1.29, 1.82) is 0 Å². The van der Waals surface area contributed by atoms with Crippen molar-refractivity contribution >= 4 is 0 Å². The SMILES string of the molecule is CCCCCCCCCCCCCCCCCCOCC[N+](C)(C)Cc1ccccc1. The molecule has 0 N–H and O–H groups in total. The number of nitrogens with zero attached hydrogens (tertiary/aromatic N) is 1. The molecule has 0 radical (unpaired) electrons. The molecular formula is C29H54NO+. The fourth-order valence-electron chi connectivity index (χ4n) is 4.32. The molecule has 0 heterocycles. The Balaban J connectivity index is 1.78. The number of unbranched alkanes of at least 4 members (excludes halogenated alkanes) is 15. The average molecular weight is 433 g/mol. The Bertz CT molecular complexity index is 485. The molecule has 1 aromatic rings. The van der Waals surface area contributed by atoms with Gasteiger partial charge in [0.1, 0.15) is 13.1 Å². The van der Waals surface area contributed by atoms with Crippen LogP contribution in [0.4, 0.5) is 0 Å². The average Bonchev–Trinajstić information content (AvgIpc) is 2.75. The highest BCUT2D eigenvalue weighted by molar-refractivity contribution is 5.13. The van der Waals surface area contributed by atoms with Crippen molar-refractivity contribution in [2.45, 2.75) is 116 Å². The van der Waals surface area contributed by atoms with Crippen molar-refractivity contribution < 1.29 is 9.22 Å². The normalized spacial score (nSPS) is 11.8. The van der Waals surface area contributed by atoms with Crippen molar-refractivity contribution in [3.05, 3.63) is 35.9 Å². The zero-order valence-corrected chi connectivity index (χ0v) is 21.4. The zero-order valence-electron chi connectivity index (χ0n) is 21.4. The lowest BCUT2D eigenvalue weighted by Crippen LogP contribution is -2.41. The van der Waals surface area contributed by atoms with Gasteiger partial charge in [-0.1, -0.05) is 134 Å². The third-order valence-corrected chi connectivity index (χ3v) is 6.44. The largest absolute Gasteiger partial charge is 0.376 e. The van der Waals surface area contributed by atoms with Gasteiger partial charge in [-0.15, -0.1) is 0 Å². The van der Waals surface area contributed by atoms with E-state index < -0.39 is 0 Å². The molecule has 0 amide bonds. The predicted octanol–water partition coefficient (Wildman–Crippen LogP) is 8.54. The summed E-state index contributed by atoms with van der Waals surface area (Å²) in [6.45, 7) is 6.25. The molecule has 0 aromatic heterocycles. The molecule has 31 heavy (non-hydrogen) atoms. The summed E-state index contributed by atoms with van der Waals surface area (Å²) in [4.78, 5) is 0. The van der Waals surface area contributed by atoms with Crippen molar-refractivity contribution in [2.75, 3.05) is 33.9 Å². The first-order valence-electron chi connectivity index (χ1n) is 13.6. The summed E-state index contributed by atoms with van der Waals surface area (Å²) in [5.74, 6) is 0. The molecule has 0 spiro atoms. The Kier molecular flexibility index (Phi) is 18.0. The first-order chi connectivity index (χ1) is 15.1. The van der Waals surface area contributed by atoms with Gasteiger partial charge in [0.15, 0.2) is 0 Å². The number of hydrogen-bond acceptors (Lipinski definition) is 1. The van der Waals surface area contributed by atoms with E-state index >= 15 is 0 Å². The maximum Gasteiger partial charge on any atom is 0.104 e. The Morgan fingerprint density at radius 2 is 1.03 bits per heavy atom. The highest BCUT2D eigenvalue weighted by Gasteiger charge is 2.15. The third kappa shape index (κ3) is 18.4. The molecule has 0 atom stereocenters. The standard InChI is InChI=1S/C29H54NO/c1-4-5-6-7-8-9-10-11-12-13-14-15-16-17-18-22-26-31-27-25-30(2,3)28-29-23-20-19-21-24-29/h19-21,23-24H,4-18,22,25-28H2,1-3H3/q+1. The molecule has 0 aliphatic heterocycles. The highest BCUT2D eigenvalue weighted by atomic mass is 16.5. The summed E-state index contributed by atoms with van der Waals surface area (Å²) >= 11 is 0. The molecule has 0 aliphatic carbocycles. The molecule has 0 fully saturated rings. The number of quaternary nitrogens is 1. The van der Waals surface area contributed by atoms with Crippen LogP contribution in [0.3, 0.4) is 0 Å². The fraction of sp³-hybridized carbons (Fsp3) is 0.793. The summed E-state index contributed by atoms with van der Waals surface area (Å²) in [6.07, 6.45) is 22.7. The Hall–Kier alpha value is -0.860. The second kappa shape index (κ2) is 19.8. The summed E-state index contributed by atoms with van der Waals surface area (Å²) in [7, 11) is 4.59. The van der Waals surface area contributed by atoms with Crippen LogP contribution in [0.5, 0.6) is 0 Å². The molecule has 0 bridgehead atoms. The van der Waals surface area contributed by atoms with Gasteiger partial charge in [-0.2, -0.15) is 0 Å². The minimum Gasteiger partial charge on any atom is -0.376 e. The van der Waals surface area contributed by atoms with E-state index in [1.165, 1.54) is 108 Å². The van der Waals surface area contributed by atoms with Crippen LogP contribution < -0.4 is 0 Å². The van der Waals surface area contributed by atoms with E-state index in [0.717, 1.165) is 30.8 Å². The lowest BCUT2D eigenvalue weighted by atomic mass is 10.0. The number of hydrogen-bond donors (Lipinski definition) is 0. The van der Waals surface area contributed by atoms with E-state index in [1.54, 1.807) is 0 Å². The second-order valence-corrected chi connectivity index (χ2v) is 10.2. The van der Waals surface area contributed by atoms with Gasteiger partial charge in [-0.05, 0) is 6.42 Å². The zero-order chi connectivity index (χ0) is 22.5. The number of likely N-dealkylation sites (N-methyl/N-ethyl adjacent to an activating group) is 1. The molecule has 0 saturated carbocycles. The summed E-state index contributed by atoms with van der Waals surface area (Å²) in [5, 5.41) is 0. The maximum atomic E-state index is 5.91. The molecule has 1 aromatic carbocycles. The molecule has 0 unspecified atom stereocenters. The van der Waals surface area contributed by atoms with Gasteiger partial charge in [-0.25, -0.2) is 0 Å². The summed E-state index contributed by atoms with van der Waals surface area (Å²) in [5.41, 5.74) is 1.41. The minimum absolute atomic E-state index is 0.874. The molecule has 0 aliphatic rings. The van der Waals surface area contributed by atoms with Gasteiger partial charge in [0.25, 0.3) is 0 Å². The first kappa shape index (κ1) is 28.2.